The van der Waals surface area contributed by atoms with Crippen molar-refractivity contribution in [2.75, 3.05) is 48.3 Å². The third kappa shape index (κ3) is 35.3. The number of anilines is 9. The average molecular weight is 2090 g/mol. The zero-order valence-corrected chi connectivity index (χ0v) is 79.3. The third-order valence-corrected chi connectivity index (χ3v) is 19.1. The van der Waals surface area contributed by atoms with Gasteiger partial charge in [-0.15, -0.1) is 0 Å². The molecule has 0 radical (unpaired) electrons. The molecule has 0 aliphatic heterocycles. The number of rotatable bonds is 24. The van der Waals surface area contributed by atoms with E-state index >= 15 is 0 Å². The van der Waals surface area contributed by atoms with Crippen LogP contribution in [0.1, 0.15) is 139 Å². The van der Waals surface area contributed by atoms with Crippen LogP contribution in [-0.2, 0) is 102 Å². The summed E-state index contributed by atoms with van der Waals surface area (Å²) in [6.45, 7) is 15.7. The maximum absolute atomic E-state index is 13.1. The Morgan fingerprint density at radius 3 is 0.851 bits per heavy atom. The molecule has 40 nitrogen and oxygen atoms in total. The van der Waals surface area contributed by atoms with Crippen molar-refractivity contribution in [3.63, 3.8) is 0 Å². The number of alkyl halides is 15. The summed E-state index contributed by atoms with van der Waals surface area (Å²) in [5, 5.41) is 134. The number of nitrogens with two attached hydrogens (primary N) is 1. The zero-order chi connectivity index (χ0) is 111. The lowest BCUT2D eigenvalue weighted by molar-refractivity contribution is -0.138. The van der Waals surface area contributed by atoms with Crippen LogP contribution in [0.2, 0.25) is 0 Å². The Morgan fingerprint density at radius 2 is 0.588 bits per heavy atom. The first-order chi connectivity index (χ1) is 68.1. The Balaban J connectivity index is 0.000000251. The van der Waals surface area contributed by atoms with Gasteiger partial charge in [-0.3, -0.25) is 62.8 Å². The van der Waals surface area contributed by atoms with Crippen molar-refractivity contribution in [1.29, 1.82) is 26.3 Å². The number of nitrogens with one attached hydrogen (secondary N) is 8. The molecule has 0 saturated carbocycles. The fraction of sp³-hybridized carbons (Fsp3) is 0.315. The van der Waals surface area contributed by atoms with Gasteiger partial charge < -0.3 is 72.6 Å². The number of carbonyl (C=O) groups is 8. The molecule has 0 saturated heterocycles. The molecule has 0 fully saturated rings. The van der Waals surface area contributed by atoms with Crippen LogP contribution in [0.5, 0.6) is 0 Å². The van der Waals surface area contributed by atoms with Gasteiger partial charge in [0.05, 0.1) is 173 Å². The SMILES string of the molecule is CC(=O)Nc1cnn(C[C@](C)(O)C(=O)Nc2ccc(C#N)c(C(F)(F)F)c2)c1.CC(C)(C)OC(=O)Nc1cnn(C[C@](C)(O)C(=O)Nc2ccc(C#N)c(C(F)(F)F)c2)c1.CC(C)(C)OC(=O)Nc1cnn(C[C@](C)(O)C(=O)Nc2cnc(C#N)c(C(F)(F)F)c2)c1.C[C@](O)(Cn1cc(-c2ccc(F)cc2)cn1)C(=O)Nc1ccc(C#N)c(C(F)(F)F)c1.C[C@](O)(Cn1cc(N)cn1)C(=O)Nc1ccc(C#N)c(C(F)(F)F)c1. The number of nitrogen functional groups attached to an aromatic ring is 1. The zero-order valence-electron chi connectivity index (χ0n) is 79.3. The number of aromatic nitrogens is 11. The van der Waals surface area contributed by atoms with Crippen LogP contribution in [0.4, 0.5) is 131 Å². The van der Waals surface area contributed by atoms with E-state index in [1.807, 2.05) is 0 Å². The molecule has 148 heavy (non-hydrogen) atoms. The minimum absolute atomic E-state index is 0.198. The number of hydrogen-bond donors (Lipinski definition) is 14. The second-order valence-corrected chi connectivity index (χ2v) is 35.0. The van der Waals surface area contributed by atoms with Crippen molar-refractivity contribution in [2.24, 2.45) is 0 Å². The monoisotopic (exact) mass is 2090 g/mol. The highest BCUT2D eigenvalue weighted by atomic mass is 19.4. The summed E-state index contributed by atoms with van der Waals surface area (Å²) < 4.78 is 225. The number of benzene rings is 5. The van der Waals surface area contributed by atoms with Crippen LogP contribution < -0.4 is 48.3 Å². The van der Waals surface area contributed by atoms with Gasteiger partial charge in [0.2, 0.25) is 5.91 Å². The van der Waals surface area contributed by atoms with Crippen LogP contribution in [0.25, 0.3) is 11.1 Å². The lowest BCUT2D eigenvalue weighted by Crippen LogP contribution is -2.43. The van der Waals surface area contributed by atoms with E-state index in [0.717, 1.165) is 80.2 Å². The molecule has 0 spiro atoms. The van der Waals surface area contributed by atoms with E-state index in [1.54, 1.807) is 59.9 Å². The topological polar surface area (TPSA) is 599 Å². The molecular formula is C92H89F16N25O15. The molecule has 5 atom stereocenters. The number of nitriles is 5. The normalized spacial score (nSPS) is 13.5. The van der Waals surface area contributed by atoms with E-state index < -0.39 is 173 Å². The minimum atomic E-state index is -4.85. The molecule has 15 N–H and O–H groups in total. The first-order valence-electron chi connectivity index (χ1n) is 42.2. The number of pyridine rings is 1. The van der Waals surface area contributed by atoms with E-state index in [-0.39, 0.29) is 78.4 Å². The number of hydrogen-bond acceptors (Lipinski definition) is 27. The number of carbonyl (C=O) groups excluding carboxylic acids is 8. The molecule has 0 aliphatic carbocycles. The predicted octanol–water partition coefficient (Wildman–Crippen LogP) is 14.3. The molecule has 0 aliphatic rings. The maximum Gasteiger partial charge on any atom is 0.419 e. The highest BCUT2D eigenvalue weighted by Crippen LogP contribution is 2.40. The van der Waals surface area contributed by atoms with Crippen molar-refractivity contribution in [1.82, 2.24) is 53.9 Å². The Kier molecular flexibility index (Phi) is 37.3. The summed E-state index contributed by atoms with van der Waals surface area (Å²) in [5.74, 6) is -5.61. The minimum Gasteiger partial charge on any atom is -0.444 e. The summed E-state index contributed by atoms with van der Waals surface area (Å²) in [5.41, 5.74) is -14.1. The largest absolute Gasteiger partial charge is 0.444 e. The van der Waals surface area contributed by atoms with Gasteiger partial charge in [-0.2, -0.15) is 118 Å². The molecule has 11 aromatic rings. The smallest absolute Gasteiger partial charge is 0.419 e. The van der Waals surface area contributed by atoms with E-state index in [9.17, 15) is 134 Å². The van der Waals surface area contributed by atoms with Gasteiger partial charge in [0.15, 0.2) is 33.7 Å². The third-order valence-electron chi connectivity index (χ3n) is 19.1. The van der Waals surface area contributed by atoms with E-state index in [4.69, 9.17) is 41.5 Å². The van der Waals surface area contributed by atoms with Crippen molar-refractivity contribution < 1.29 is 144 Å². The van der Waals surface area contributed by atoms with Crippen molar-refractivity contribution >= 4 is 98.8 Å². The second-order valence-electron chi connectivity index (χ2n) is 35.0. The Labute approximate surface area is 827 Å². The maximum atomic E-state index is 13.1. The van der Waals surface area contributed by atoms with Gasteiger partial charge in [0.25, 0.3) is 29.5 Å². The quantitative estimate of drug-likeness (QED) is 0.0250. The molecule has 8 amide bonds. The average Bonchev–Trinajstić information content (AvgIpc) is 1.37. The molecule has 0 unspecified atom stereocenters. The van der Waals surface area contributed by atoms with Gasteiger partial charge in [0, 0.05) is 66.2 Å². The molecule has 0 bridgehead atoms. The molecule has 6 aromatic heterocycles. The van der Waals surface area contributed by atoms with Crippen molar-refractivity contribution in [3.05, 3.63) is 233 Å². The van der Waals surface area contributed by atoms with Crippen LogP contribution in [-0.4, -0.2) is 166 Å². The molecule has 784 valence electrons. The Bertz CT molecular complexity index is 6740. The van der Waals surface area contributed by atoms with Gasteiger partial charge >= 0.3 is 43.1 Å². The number of amides is 8. The second kappa shape index (κ2) is 47.0. The lowest BCUT2D eigenvalue weighted by Gasteiger charge is -2.22. The molecule has 11 rings (SSSR count). The fourth-order valence-corrected chi connectivity index (χ4v) is 12.2. The highest BCUT2D eigenvalue weighted by Gasteiger charge is 2.43. The molecule has 5 aromatic carbocycles. The first-order valence-corrected chi connectivity index (χ1v) is 42.2. The number of nitrogens with zero attached hydrogens (tertiary/aromatic N) is 16. The molecule has 56 heteroatoms. The van der Waals surface area contributed by atoms with Crippen LogP contribution in [0.15, 0.2) is 171 Å². The van der Waals surface area contributed by atoms with Crippen molar-refractivity contribution in [2.45, 2.75) is 186 Å². The Morgan fingerprint density at radius 1 is 0.324 bits per heavy atom. The predicted molar refractivity (Wildman–Crippen MR) is 490 cm³/mol. The summed E-state index contributed by atoms with van der Waals surface area (Å²) in [4.78, 5) is 99.8. The van der Waals surface area contributed by atoms with Crippen LogP contribution in [0.3, 0.4) is 0 Å². The summed E-state index contributed by atoms with van der Waals surface area (Å²) in [7, 11) is 0. The van der Waals surface area contributed by atoms with Gasteiger partial charge in [-0.25, -0.2) is 19.0 Å². The highest BCUT2D eigenvalue weighted by molar-refractivity contribution is 6.00. The molecular weight excluding hydrogens is 2000 g/mol. The van der Waals surface area contributed by atoms with E-state index in [1.165, 1.54) is 138 Å². The van der Waals surface area contributed by atoms with Crippen LogP contribution in [0, 0.1) is 62.5 Å². The fourth-order valence-electron chi connectivity index (χ4n) is 12.2. The van der Waals surface area contributed by atoms with Gasteiger partial charge in [-0.1, -0.05) is 12.1 Å². The van der Waals surface area contributed by atoms with E-state index in [2.05, 4.69) is 73.0 Å². The summed E-state index contributed by atoms with van der Waals surface area (Å²) in [6, 6.07) is 24.1. The number of ether oxygens (including phenoxy) is 2. The summed E-state index contributed by atoms with van der Waals surface area (Å²) in [6.07, 6.45) is -10.9. The van der Waals surface area contributed by atoms with Crippen molar-refractivity contribution in [3.8, 4) is 41.5 Å². The first kappa shape index (κ1) is 118. The van der Waals surface area contributed by atoms with Crippen LogP contribution >= 0.6 is 0 Å². The molecule has 6 heterocycles. The summed E-state index contributed by atoms with van der Waals surface area (Å²) >= 11 is 0. The van der Waals surface area contributed by atoms with Gasteiger partial charge in [0.1, 0.15) is 23.1 Å². The van der Waals surface area contributed by atoms with Gasteiger partial charge in [-0.05, 0) is 173 Å². The van der Waals surface area contributed by atoms with E-state index in [0.29, 0.717) is 52.8 Å². The Hall–Kier alpha value is -17.4. The number of halogens is 16. The standard InChI is InChI=1S/C21H16F4N4O2.C20H22F3N5O4.C19H21F3N6O4.C17H16F3N5O3.C15H14F3N5O2/c1-20(31,12-29-11-15(10-27-29)13-2-5-16(22)6-3-13)19(30)28-17-7-4-14(9-26)18(8-17)21(23,24)25;1-18(2,3)32-17(30)27-14-9-25-28(10-14)11-19(4,31)16(29)26-13-6-5-12(8-24)15(7-13)20(21,22)23;1-17(2,3)32-16(30)27-12-8-25-28(9-12)10-18(4,31)15(29)26-11-5-13(19(20,21)22)14(6-23)24-7-11;1-10(26)23-13-7-22-25(8-13)9-16(2,28)15(27)24-12-4-3-11(6-21)14(5-12)17(18,19)20;1-14(25,8-23-7-10(20)6-21-23)13(24)22-11-3-2-9(5-19)12(4-11)15(16,17)18/h2-8,10-11,31H,12H2,1H3,(H,28,30);5-7,9-10,31H,11H2,1-4H3,(H,26,29)(H,27,30);5,7-9,31H,10H2,1-4H3,(H,26,29)(H,27,30);3-5,7-8,28H,9H2,1-2H3,(H,23,26)(H,24,27);2-4,6-7,25H,8,20H2,1H3,(H,22,24)/t20-;19-;18-;16-;14-/m00000/s1. The number of aliphatic hydroxyl groups is 5. The lowest BCUT2D eigenvalue weighted by atomic mass is 10.0.